The van der Waals surface area contributed by atoms with Gasteiger partial charge in [-0.05, 0) is 20.3 Å². The van der Waals surface area contributed by atoms with E-state index in [-0.39, 0.29) is 5.91 Å². The molecule has 0 unspecified atom stereocenters. The van der Waals surface area contributed by atoms with Gasteiger partial charge in [0.1, 0.15) is 5.84 Å². The number of allylic oxidation sites excluding steroid dienone is 1. The zero-order chi connectivity index (χ0) is 10.6. The number of carbonyl (C=O) groups excluding carboxylic acids is 1. The third-order valence-electron chi connectivity index (χ3n) is 2.29. The van der Waals surface area contributed by atoms with Crippen LogP contribution in [-0.2, 0) is 4.79 Å². The maximum Gasteiger partial charge on any atom is 0.255 e. The zero-order valence-electron chi connectivity index (χ0n) is 9.21. The minimum Gasteiger partial charge on any atom is -0.297 e. The lowest BCUT2D eigenvalue weighted by molar-refractivity contribution is -0.122. The van der Waals surface area contributed by atoms with Crippen molar-refractivity contribution in [2.75, 3.05) is 13.1 Å². The van der Waals surface area contributed by atoms with Gasteiger partial charge in [0, 0.05) is 25.1 Å². The second kappa shape index (κ2) is 4.94. The van der Waals surface area contributed by atoms with Gasteiger partial charge >= 0.3 is 0 Å². The minimum absolute atomic E-state index is 0.140. The molecule has 1 rings (SSSR count). The fraction of sp³-hybridized carbons (Fsp3) is 0.636. The van der Waals surface area contributed by atoms with E-state index >= 15 is 0 Å². The van der Waals surface area contributed by atoms with Crippen LogP contribution in [0.2, 0.25) is 0 Å². The summed E-state index contributed by atoms with van der Waals surface area (Å²) < 4.78 is 0. The number of likely N-dealkylation sites (N-methyl/N-ethyl adjacent to an activating group) is 1. The van der Waals surface area contributed by atoms with Gasteiger partial charge in [-0.25, -0.2) is 0 Å². The number of nitrogens with zero attached hydrogens (tertiary/aromatic N) is 2. The Morgan fingerprint density at radius 3 is 2.64 bits per heavy atom. The SMILES string of the molecule is CC/C=C1\CC(=NCC)N(CC)C1=O. The molecule has 1 heterocycles. The van der Waals surface area contributed by atoms with Gasteiger partial charge in [0.15, 0.2) is 0 Å². The summed E-state index contributed by atoms with van der Waals surface area (Å²) in [6, 6.07) is 0. The van der Waals surface area contributed by atoms with Crippen LogP contribution in [0.4, 0.5) is 0 Å². The van der Waals surface area contributed by atoms with E-state index < -0.39 is 0 Å². The summed E-state index contributed by atoms with van der Waals surface area (Å²) in [5, 5.41) is 0. The molecule has 3 heteroatoms. The average Bonchev–Trinajstić information content (AvgIpc) is 2.45. The highest BCUT2D eigenvalue weighted by Gasteiger charge is 2.29. The Hall–Kier alpha value is -1.12. The molecule has 1 aliphatic heterocycles. The van der Waals surface area contributed by atoms with E-state index in [4.69, 9.17) is 0 Å². The molecular weight excluding hydrogens is 176 g/mol. The largest absolute Gasteiger partial charge is 0.297 e. The van der Waals surface area contributed by atoms with Crippen molar-refractivity contribution in [3.05, 3.63) is 11.6 Å². The molecule has 0 aliphatic carbocycles. The first-order chi connectivity index (χ1) is 6.74. The summed E-state index contributed by atoms with van der Waals surface area (Å²) in [6.45, 7) is 7.49. The molecule has 0 saturated carbocycles. The lowest BCUT2D eigenvalue weighted by atomic mass is 10.2. The molecule has 0 radical (unpaired) electrons. The Balaban J connectivity index is 2.89. The van der Waals surface area contributed by atoms with Gasteiger partial charge < -0.3 is 0 Å². The van der Waals surface area contributed by atoms with Gasteiger partial charge in [0.05, 0.1) is 0 Å². The third-order valence-corrected chi connectivity index (χ3v) is 2.29. The molecule has 0 N–H and O–H groups in total. The van der Waals surface area contributed by atoms with Gasteiger partial charge in [-0.3, -0.25) is 14.7 Å². The molecule has 1 fully saturated rings. The summed E-state index contributed by atoms with van der Waals surface area (Å²) >= 11 is 0. The Kier molecular flexibility index (Phi) is 3.86. The van der Waals surface area contributed by atoms with Crippen LogP contribution in [0.1, 0.15) is 33.6 Å². The Labute approximate surface area is 85.5 Å². The summed E-state index contributed by atoms with van der Waals surface area (Å²) in [6.07, 6.45) is 3.63. The molecule has 78 valence electrons. The van der Waals surface area contributed by atoms with Crippen LogP contribution in [0.25, 0.3) is 0 Å². The second-order valence-electron chi connectivity index (χ2n) is 3.25. The fourth-order valence-corrected chi connectivity index (χ4v) is 1.69. The first kappa shape index (κ1) is 11.0. The summed E-state index contributed by atoms with van der Waals surface area (Å²) in [4.78, 5) is 17.9. The minimum atomic E-state index is 0.140. The van der Waals surface area contributed by atoms with Gasteiger partial charge in [-0.2, -0.15) is 0 Å². The first-order valence-corrected chi connectivity index (χ1v) is 5.28. The molecule has 1 aliphatic rings. The van der Waals surface area contributed by atoms with Crippen molar-refractivity contribution < 1.29 is 4.79 Å². The quantitative estimate of drug-likeness (QED) is 0.632. The number of carbonyl (C=O) groups is 1. The van der Waals surface area contributed by atoms with Crippen molar-refractivity contribution in [1.82, 2.24) is 4.90 Å². The van der Waals surface area contributed by atoms with Crippen molar-refractivity contribution in [2.45, 2.75) is 33.6 Å². The van der Waals surface area contributed by atoms with Crippen LogP contribution in [0.15, 0.2) is 16.6 Å². The first-order valence-electron chi connectivity index (χ1n) is 5.28. The molecule has 0 aromatic carbocycles. The molecule has 3 nitrogen and oxygen atoms in total. The van der Waals surface area contributed by atoms with Crippen molar-refractivity contribution in [2.24, 2.45) is 4.99 Å². The van der Waals surface area contributed by atoms with Crippen molar-refractivity contribution in [3.63, 3.8) is 0 Å². The Morgan fingerprint density at radius 2 is 2.14 bits per heavy atom. The lowest BCUT2D eigenvalue weighted by Crippen LogP contribution is -2.29. The van der Waals surface area contributed by atoms with Crippen molar-refractivity contribution in [1.29, 1.82) is 0 Å². The maximum atomic E-state index is 11.8. The lowest BCUT2D eigenvalue weighted by Gasteiger charge is -2.12. The smallest absolute Gasteiger partial charge is 0.255 e. The fourth-order valence-electron chi connectivity index (χ4n) is 1.69. The van der Waals surface area contributed by atoms with Gasteiger partial charge in [-0.1, -0.05) is 13.0 Å². The Morgan fingerprint density at radius 1 is 1.43 bits per heavy atom. The van der Waals surface area contributed by atoms with Crippen molar-refractivity contribution >= 4 is 11.7 Å². The van der Waals surface area contributed by atoms with E-state index in [0.29, 0.717) is 6.42 Å². The molecule has 1 saturated heterocycles. The van der Waals surface area contributed by atoms with Crippen LogP contribution < -0.4 is 0 Å². The molecule has 0 spiro atoms. The topological polar surface area (TPSA) is 32.7 Å². The van der Waals surface area contributed by atoms with Crippen LogP contribution in [0.5, 0.6) is 0 Å². The standard InChI is InChI=1S/C11H18N2O/c1-4-7-9-8-10(12-5-2)13(6-3)11(9)14/h7H,4-6,8H2,1-3H3/b9-7+,12-10?. The molecule has 0 aromatic rings. The number of hydrogen-bond acceptors (Lipinski definition) is 2. The highest BCUT2D eigenvalue weighted by Crippen LogP contribution is 2.20. The zero-order valence-corrected chi connectivity index (χ0v) is 9.21. The summed E-state index contributed by atoms with van der Waals surface area (Å²) in [7, 11) is 0. The van der Waals surface area contributed by atoms with Gasteiger partial charge in [0.2, 0.25) is 0 Å². The average molecular weight is 194 g/mol. The highest BCUT2D eigenvalue weighted by atomic mass is 16.2. The number of rotatable bonds is 3. The van der Waals surface area contributed by atoms with E-state index in [1.54, 1.807) is 4.90 Å². The van der Waals surface area contributed by atoms with Crippen LogP contribution in [0.3, 0.4) is 0 Å². The summed E-state index contributed by atoms with van der Waals surface area (Å²) in [5.41, 5.74) is 0.904. The Bertz CT molecular complexity index is 279. The van der Waals surface area contributed by atoms with E-state index in [9.17, 15) is 4.79 Å². The van der Waals surface area contributed by atoms with E-state index in [0.717, 1.165) is 30.9 Å². The monoisotopic (exact) mass is 194 g/mol. The highest BCUT2D eigenvalue weighted by molar-refractivity contribution is 6.15. The molecule has 0 aromatic heterocycles. The van der Waals surface area contributed by atoms with Crippen LogP contribution >= 0.6 is 0 Å². The second-order valence-corrected chi connectivity index (χ2v) is 3.25. The van der Waals surface area contributed by atoms with Crippen molar-refractivity contribution in [3.8, 4) is 0 Å². The number of amides is 1. The predicted molar refractivity (Wildman–Crippen MR) is 58.4 cm³/mol. The molecule has 0 bridgehead atoms. The molecule has 0 atom stereocenters. The van der Waals surface area contributed by atoms with Crippen LogP contribution in [-0.4, -0.2) is 29.7 Å². The van der Waals surface area contributed by atoms with Crippen LogP contribution in [0, 0.1) is 0 Å². The van der Waals surface area contributed by atoms with E-state index in [2.05, 4.69) is 4.99 Å². The normalized spacial score (nSPS) is 22.8. The van der Waals surface area contributed by atoms with Gasteiger partial charge in [0.25, 0.3) is 5.91 Å². The van der Waals surface area contributed by atoms with E-state index in [1.165, 1.54) is 0 Å². The number of likely N-dealkylation sites (tertiary alicyclic amines) is 1. The third kappa shape index (κ3) is 2.03. The number of aliphatic imine (C=N–C) groups is 1. The number of amidine groups is 1. The molecular formula is C11H18N2O. The maximum absolute atomic E-state index is 11.8. The number of hydrogen-bond donors (Lipinski definition) is 0. The van der Waals surface area contributed by atoms with Gasteiger partial charge in [-0.15, -0.1) is 0 Å². The predicted octanol–water partition coefficient (Wildman–Crippen LogP) is 1.99. The summed E-state index contributed by atoms with van der Waals surface area (Å²) in [5.74, 6) is 1.07. The van der Waals surface area contributed by atoms with E-state index in [1.807, 2.05) is 26.8 Å². The molecule has 14 heavy (non-hydrogen) atoms. The molecule has 1 amide bonds.